The SMILES string of the molecule is Cc1ccc(N(CCCN)C(=O)C2C3CCCCC32)cc1. The molecule has 0 saturated heterocycles. The Balaban J connectivity index is 1.75. The van der Waals surface area contributed by atoms with E-state index in [0.29, 0.717) is 24.3 Å². The van der Waals surface area contributed by atoms with E-state index in [1.165, 1.54) is 31.2 Å². The van der Waals surface area contributed by atoms with Crippen molar-refractivity contribution in [2.24, 2.45) is 23.5 Å². The van der Waals surface area contributed by atoms with E-state index in [1.54, 1.807) is 0 Å². The third-order valence-electron chi connectivity index (χ3n) is 5.14. The van der Waals surface area contributed by atoms with Crippen LogP contribution < -0.4 is 10.6 Å². The van der Waals surface area contributed by atoms with Crippen LogP contribution in [-0.4, -0.2) is 19.0 Å². The minimum absolute atomic E-state index is 0.284. The van der Waals surface area contributed by atoms with Crippen LogP contribution in [0.1, 0.15) is 37.7 Å². The molecular formula is C18H26N2O. The van der Waals surface area contributed by atoms with Crippen molar-refractivity contribution >= 4 is 11.6 Å². The number of carbonyl (C=O) groups excluding carboxylic acids is 1. The zero-order chi connectivity index (χ0) is 14.8. The first-order valence-corrected chi connectivity index (χ1v) is 8.30. The first-order chi connectivity index (χ1) is 10.2. The topological polar surface area (TPSA) is 46.3 Å². The highest BCUT2D eigenvalue weighted by Gasteiger charge is 2.55. The van der Waals surface area contributed by atoms with Gasteiger partial charge in [-0.25, -0.2) is 0 Å². The van der Waals surface area contributed by atoms with Crippen LogP contribution in [0.2, 0.25) is 0 Å². The normalized spacial score (nSPS) is 27.0. The van der Waals surface area contributed by atoms with Crippen molar-refractivity contribution in [2.45, 2.75) is 39.0 Å². The van der Waals surface area contributed by atoms with Gasteiger partial charge in [-0.2, -0.15) is 0 Å². The predicted octanol–water partition coefficient (Wildman–Crippen LogP) is 3.11. The third kappa shape index (κ3) is 2.98. The first-order valence-electron chi connectivity index (χ1n) is 8.30. The summed E-state index contributed by atoms with van der Waals surface area (Å²) in [5, 5.41) is 0. The Morgan fingerprint density at radius 2 is 1.81 bits per heavy atom. The molecule has 21 heavy (non-hydrogen) atoms. The van der Waals surface area contributed by atoms with E-state index in [2.05, 4.69) is 31.2 Å². The summed E-state index contributed by atoms with van der Waals surface area (Å²) in [7, 11) is 0. The van der Waals surface area contributed by atoms with Gasteiger partial charge in [0.15, 0.2) is 0 Å². The van der Waals surface area contributed by atoms with Gasteiger partial charge in [-0.3, -0.25) is 4.79 Å². The molecule has 3 heteroatoms. The van der Waals surface area contributed by atoms with Crippen LogP contribution in [0.25, 0.3) is 0 Å². The van der Waals surface area contributed by atoms with E-state index >= 15 is 0 Å². The van der Waals surface area contributed by atoms with E-state index in [-0.39, 0.29) is 5.92 Å². The summed E-state index contributed by atoms with van der Waals surface area (Å²) in [5.74, 6) is 1.95. The van der Waals surface area contributed by atoms with Gasteiger partial charge in [-0.1, -0.05) is 30.5 Å². The smallest absolute Gasteiger partial charge is 0.230 e. The van der Waals surface area contributed by atoms with Crippen molar-refractivity contribution in [1.29, 1.82) is 0 Å². The van der Waals surface area contributed by atoms with Crippen LogP contribution in [0.15, 0.2) is 24.3 Å². The highest BCUT2D eigenvalue weighted by atomic mass is 16.2. The van der Waals surface area contributed by atoms with E-state index in [1.807, 2.05) is 4.90 Å². The summed E-state index contributed by atoms with van der Waals surface area (Å²) in [6.07, 6.45) is 5.97. The quantitative estimate of drug-likeness (QED) is 0.904. The maximum absolute atomic E-state index is 12.9. The fraction of sp³-hybridized carbons (Fsp3) is 0.611. The molecule has 2 aliphatic rings. The summed E-state index contributed by atoms with van der Waals surface area (Å²) < 4.78 is 0. The summed E-state index contributed by atoms with van der Waals surface area (Å²) in [6, 6.07) is 8.29. The highest BCUT2D eigenvalue weighted by Crippen LogP contribution is 2.56. The number of aryl methyl sites for hydroxylation is 1. The molecule has 2 aliphatic carbocycles. The van der Waals surface area contributed by atoms with Crippen molar-refractivity contribution in [3.8, 4) is 0 Å². The second-order valence-electron chi connectivity index (χ2n) is 6.61. The maximum Gasteiger partial charge on any atom is 0.230 e. The number of fused-ring (bicyclic) bond motifs is 1. The number of anilines is 1. The maximum atomic E-state index is 12.9. The summed E-state index contributed by atoms with van der Waals surface area (Å²) in [6.45, 7) is 3.45. The lowest BCUT2D eigenvalue weighted by Crippen LogP contribution is -2.34. The van der Waals surface area contributed by atoms with Crippen molar-refractivity contribution in [3.63, 3.8) is 0 Å². The van der Waals surface area contributed by atoms with Crippen LogP contribution in [-0.2, 0) is 4.79 Å². The van der Waals surface area contributed by atoms with E-state index < -0.39 is 0 Å². The van der Waals surface area contributed by atoms with Crippen molar-refractivity contribution in [2.75, 3.05) is 18.0 Å². The van der Waals surface area contributed by atoms with Gasteiger partial charge in [-0.05, 0) is 56.7 Å². The summed E-state index contributed by atoms with van der Waals surface area (Å²) >= 11 is 0. The molecule has 0 heterocycles. The second kappa shape index (κ2) is 6.18. The predicted molar refractivity (Wildman–Crippen MR) is 86.1 cm³/mol. The molecule has 0 radical (unpaired) electrons. The molecule has 0 aromatic heterocycles. The largest absolute Gasteiger partial charge is 0.330 e. The molecule has 1 aromatic rings. The van der Waals surface area contributed by atoms with Gasteiger partial charge in [0.25, 0.3) is 0 Å². The molecule has 2 fully saturated rings. The fourth-order valence-electron chi connectivity index (χ4n) is 3.88. The minimum Gasteiger partial charge on any atom is -0.330 e. The number of hydrogen-bond acceptors (Lipinski definition) is 2. The number of amides is 1. The average Bonchev–Trinajstić information content (AvgIpc) is 3.23. The third-order valence-corrected chi connectivity index (χ3v) is 5.14. The number of carbonyl (C=O) groups is 1. The molecule has 0 aliphatic heterocycles. The number of hydrogen-bond donors (Lipinski definition) is 1. The molecular weight excluding hydrogens is 260 g/mol. The first kappa shape index (κ1) is 14.6. The Bertz CT molecular complexity index is 484. The lowest BCUT2D eigenvalue weighted by Gasteiger charge is -2.23. The molecule has 114 valence electrons. The van der Waals surface area contributed by atoms with Crippen LogP contribution in [0.3, 0.4) is 0 Å². The molecule has 0 bridgehead atoms. The van der Waals surface area contributed by atoms with Gasteiger partial charge in [0.2, 0.25) is 5.91 Å². The Morgan fingerprint density at radius 1 is 1.19 bits per heavy atom. The monoisotopic (exact) mass is 286 g/mol. The standard InChI is InChI=1S/C18H26N2O/c1-13-7-9-14(10-8-13)20(12-4-11-19)18(21)17-15-5-2-3-6-16(15)17/h7-10,15-17H,2-6,11-12,19H2,1H3. The van der Waals surface area contributed by atoms with Gasteiger partial charge in [0, 0.05) is 18.2 Å². The van der Waals surface area contributed by atoms with Gasteiger partial charge in [0.1, 0.15) is 0 Å². The van der Waals surface area contributed by atoms with Crippen molar-refractivity contribution in [1.82, 2.24) is 0 Å². The minimum atomic E-state index is 0.284. The van der Waals surface area contributed by atoms with Crippen LogP contribution in [0, 0.1) is 24.7 Å². The summed E-state index contributed by atoms with van der Waals surface area (Å²) in [4.78, 5) is 14.9. The molecule has 2 atom stereocenters. The highest BCUT2D eigenvalue weighted by molar-refractivity contribution is 5.97. The molecule has 2 N–H and O–H groups in total. The Morgan fingerprint density at radius 3 is 2.38 bits per heavy atom. The molecule has 2 unspecified atom stereocenters. The Labute approximate surface area is 127 Å². The average molecular weight is 286 g/mol. The Kier molecular flexibility index (Phi) is 4.29. The van der Waals surface area contributed by atoms with Gasteiger partial charge < -0.3 is 10.6 Å². The van der Waals surface area contributed by atoms with E-state index in [9.17, 15) is 4.79 Å². The second-order valence-corrected chi connectivity index (χ2v) is 6.61. The number of benzene rings is 1. The van der Waals surface area contributed by atoms with Crippen LogP contribution >= 0.6 is 0 Å². The molecule has 3 rings (SSSR count). The van der Waals surface area contributed by atoms with Crippen molar-refractivity contribution in [3.05, 3.63) is 29.8 Å². The number of rotatable bonds is 5. The van der Waals surface area contributed by atoms with Crippen molar-refractivity contribution < 1.29 is 4.79 Å². The van der Waals surface area contributed by atoms with Crippen LogP contribution in [0.5, 0.6) is 0 Å². The number of nitrogens with zero attached hydrogens (tertiary/aromatic N) is 1. The molecule has 0 spiro atoms. The Hall–Kier alpha value is -1.35. The number of nitrogens with two attached hydrogens (primary N) is 1. The van der Waals surface area contributed by atoms with Gasteiger partial charge in [0.05, 0.1) is 0 Å². The van der Waals surface area contributed by atoms with E-state index in [0.717, 1.165) is 18.7 Å². The lowest BCUT2D eigenvalue weighted by atomic mass is 10.0. The molecule has 1 aromatic carbocycles. The van der Waals surface area contributed by atoms with E-state index in [4.69, 9.17) is 5.73 Å². The van der Waals surface area contributed by atoms with Crippen LogP contribution in [0.4, 0.5) is 5.69 Å². The van der Waals surface area contributed by atoms with Gasteiger partial charge >= 0.3 is 0 Å². The fourth-order valence-corrected chi connectivity index (χ4v) is 3.88. The zero-order valence-corrected chi connectivity index (χ0v) is 12.9. The molecule has 1 amide bonds. The molecule has 2 saturated carbocycles. The zero-order valence-electron chi connectivity index (χ0n) is 12.9. The summed E-state index contributed by atoms with van der Waals surface area (Å²) in [5.41, 5.74) is 7.91. The molecule has 3 nitrogen and oxygen atoms in total. The van der Waals surface area contributed by atoms with Gasteiger partial charge in [-0.15, -0.1) is 0 Å². The lowest BCUT2D eigenvalue weighted by molar-refractivity contribution is -0.120.